The predicted molar refractivity (Wildman–Crippen MR) is 63.3 cm³/mol. The standard InChI is InChI=1S/C10H17N5O2/c1-10(2,17-3)6-14-9(16)7-4-13-8(15-11)5-12-7/h4-5H,6,11H2,1-3H3,(H,13,15)(H,14,16). The summed E-state index contributed by atoms with van der Waals surface area (Å²) < 4.78 is 5.18. The highest BCUT2D eigenvalue weighted by Crippen LogP contribution is 2.05. The zero-order valence-corrected chi connectivity index (χ0v) is 10.2. The van der Waals surface area contributed by atoms with Crippen LogP contribution in [0.25, 0.3) is 0 Å². The van der Waals surface area contributed by atoms with Crippen LogP contribution in [0.2, 0.25) is 0 Å². The third-order valence-corrected chi connectivity index (χ3v) is 2.26. The molecular weight excluding hydrogens is 222 g/mol. The minimum atomic E-state index is -0.415. The Balaban J connectivity index is 2.58. The maximum Gasteiger partial charge on any atom is 0.271 e. The fraction of sp³-hybridized carbons (Fsp3) is 0.500. The number of carbonyl (C=O) groups is 1. The summed E-state index contributed by atoms with van der Waals surface area (Å²) in [6.45, 7) is 4.14. The van der Waals surface area contributed by atoms with E-state index in [0.29, 0.717) is 12.4 Å². The van der Waals surface area contributed by atoms with Crippen molar-refractivity contribution in [1.29, 1.82) is 0 Å². The number of nitrogens with zero attached hydrogens (tertiary/aromatic N) is 2. The summed E-state index contributed by atoms with van der Waals surface area (Å²) >= 11 is 0. The summed E-state index contributed by atoms with van der Waals surface area (Å²) in [5.41, 5.74) is 2.15. The lowest BCUT2D eigenvalue weighted by atomic mass is 10.1. The van der Waals surface area contributed by atoms with Gasteiger partial charge in [-0.2, -0.15) is 0 Å². The molecular formula is C10H17N5O2. The second-order valence-electron chi connectivity index (χ2n) is 4.08. The number of aromatic nitrogens is 2. The fourth-order valence-corrected chi connectivity index (χ4v) is 0.976. The van der Waals surface area contributed by atoms with Gasteiger partial charge in [0.1, 0.15) is 5.69 Å². The van der Waals surface area contributed by atoms with Gasteiger partial charge in [0, 0.05) is 13.7 Å². The Bertz CT molecular complexity index is 377. The van der Waals surface area contributed by atoms with Crippen LogP contribution in [0, 0.1) is 0 Å². The average molecular weight is 239 g/mol. The molecule has 17 heavy (non-hydrogen) atoms. The molecule has 1 aromatic rings. The molecule has 0 aromatic carbocycles. The first-order valence-electron chi connectivity index (χ1n) is 5.10. The predicted octanol–water partition coefficient (Wildman–Crippen LogP) is -0.0830. The second kappa shape index (κ2) is 5.55. The molecule has 0 spiro atoms. The van der Waals surface area contributed by atoms with Crippen molar-refractivity contribution in [3.8, 4) is 0 Å². The van der Waals surface area contributed by atoms with E-state index in [1.165, 1.54) is 12.4 Å². The summed E-state index contributed by atoms with van der Waals surface area (Å²) in [5.74, 6) is 5.24. The van der Waals surface area contributed by atoms with Crippen LogP contribution >= 0.6 is 0 Å². The lowest BCUT2D eigenvalue weighted by Gasteiger charge is -2.22. The largest absolute Gasteiger partial charge is 0.377 e. The number of nitrogen functional groups attached to an aromatic ring is 1. The van der Waals surface area contributed by atoms with Gasteiger partial charge in [-0.15, -0.1) is 0 Å². The van der Waals surface area contributed by atoms with Gasteiger partial charge in [-0.25, -0.2) is 15.8 Å². The van der Waals surface area contributed by atoms with E-state index >= 15 is 0 Å². The van der Waals surface area contributed by atoms with Crippen molar-refractivity contribution in [3.63, 3.8) is 0 Å². The average Bonchev–Trinajstić information content (AvgIpc) is 2.36. The van der Waals surface area contributed by atoms with Crippen molar-refractivity contribution in [1.82, 2.24) is 15.3 Å². The Hall–Kier alpha value is -1.73. The molecule has 0 saturated carbocycles. The highest BCUT2D eigenvalue weighted by Gasteiger charge is 2.18. The number of hydrazine groups is 1. The van der Waals surface area contributed by atoms with Crippen molar-refractivity contribution in [3.05, 3.63) is 18.1 Å². The molecule has 0 radical (unpaired) electrons. The summed E-state index contributed by atoms with van der Waals surface area (Å²) in [6, 6.07) is 0. The maximum absolute atomic E-state index is 11.7. The summed E-state index contributed by atoms with van der Waals surface area (Å²) in [5, 5.41) is 2.71. The van der Waals surface area contributed by atoms with Crippen LogP contribution in [-0.4, -0.2) is 35.1 Å². The van der Waals surface area contributed by atoms with Gasteiger partial charge in [-0.1, -0.05) is 0 Å². The third kappa shape index (κ3) is 3.97. The number of rotatable bonds is 5. The molecule has 0 unspecified atom stereocenters. The fourth-order valence-electron chi connectivity index (χ4n) is 0.976. The van der Waals surface area contributed by atoms with E-state index in [1.54, 1.807) is 7.11 Å². The van der Waals surface area contributed by atoms with Crippen LogP contribution < -0.4 is 16.6 Å². The molecule has 0 atom stereocenters. The number of hydrogen-bond acceptors (Lipinski definition) is 6. The molecule has 1 aromatic heterocycles. The molecule has 0 aliphatic heterocycles. The molecule has 1 amide bonds. The molecule has 7 heteroatoms. The Kier molecular flexibility index (Phi) is 4.36. The molecule has 1 heterocycles. The first kappa shape index (κ1) is 13.3. The van der Waals surface area contributed by atoms with E-state index in [0.717, 1.165) is 0 Å². The van der Waals surface area contributed by atoms with Gasteiger partial charge >= 0.3 is 0 Å². The number of hydrogen-bond donors (Lipinski definition) is 3. The van der Waals surface area contributed by atoms with Crippen LogP contribution in [0.1, 0.15) is 24.3 Å². The lowest BCUT2D eigenvalue weighted by molar-refractivity contribution is 0.0228. The van der Waals surface area contributed by atoms with Crippen molar-refractivity contribution in [2.24, 2.45) is 5.84 Å². The van der Waals surface area contributed by atoms with Gasteiger partial charge in [0.2, 0.25) is 0 Å². The molecule has 94 valence electrons. The SMILES string of the molecule is COC(C)(C)CNC(=O)c1cnc(NN)cn1. The molecule has 1 rings (SSSR count). The van der Waals surface area contributed by atoms with Gasteiger partial charge < -0.3 is 15.5 Å². The van der Waals surface area contributed by atoms with E-state index in [9.17, 15) is 4.79 Å². The molecule has 0 aliphatic rings. The van der Waals surface area contributed by atoms with Gasteiger partial charge in [-0.05, 0) is 13.8 Å². The quantitative estimate of drug-likeness (QED) is 0.490. The van der Waals surface area contributed by atoms with Crippen molar-refractivity contribution < 1.29 is 9.53 Å². The Morgan fingerprint density at radius 1 is 1.47 bits per heavy atom. The molecule has 0 aliphatic carbocycles. The lowest BCUT2D eigenvalue weighted by Crippen LogP contribution is -2.40. The number of anilines is 1. The summed E-state index contributed by atoms with van der Waals surface area (Å²) in [4.78, 5) is 19.5. The third-order valence-electron chi connectivity index (χ3n) is 2.26. The van der Waals surface area contributed by atoms with Crippen LogP contribution in [-0.2, 0) is 4.74 Å². The monoisotopic (exact) mass is 239 g/mol. The normalized spacial score (nSPS) is 11.1. The zero-order chi connectivity index (χ0) is 12.9. The summed E-state index contributed by atoms with van der Waals surface area (Å²) in [6.07, 6.45) is 2.74. The summed E-state index contributed by atoms with van der Waals surface area (Å²) in [7, 11) is 1.59. The van der Waals surface area contributed by atoms with Gasteiger partial charge in [0.05, 0.1) is 18.0 Å². The van der Waals surface area contributed by atoms with E-state index in [1.807, 2.05) is 13.8 Å². The van der Waals surface area contributed by atoms with Crippen LogP contribution in [0.4, 0.5) is 5.82 Å². The van der Waals surface area contributed by atoms with Crippen LogP contribution in [0.3, 0.4) is 0 Å². The Labute approximate surface area is 99.7 Å². The van der Waals surface area contributed by atoms with Gasteiger partial charge in [0.25, 0.3) is 5.91 Å². The van der Waals surface area contributed by atoms with Gasteiger partial charge in [0.15, 0.2) is 5.82 Å². The van der Waals surface area contributed by atoms with Crippen molar-refractivity contribution in [2.45, 2.75) is 19.4 Å². The van der Waals surface area contributed by atoms with E-state index in [2.05, 4.69) is 20.7 Å². The maximum atomic E-state index is 11.7. The minimum Gasteiger partial charge on any atom is -0.377 e. The number of amides is 1. The second-order valence-corrected chi connectivity index (χ2v) is 4.08. The highest BCUT2D eigenvalue weighted by atomic mass is 16.5. The molecule has 0 bridgehead atoms. The minimum absolute atomic E-state index is 0.232. The smallest absolute Gasteiger partial charge is 0.271 e. The topological polar surface area (TPSA) is 102 Å². The van der Waals surface area contributed by atoms with E-state index in [-0.39, 0.29) is 11.6 Å². The first-order valence-corrected chi connectivity index (χ1v) is 5.10. The number of nitrogens with two attached hydrogens (primary N) is 1. The van der Waals surface area contributed by atoms with E-state index < -0.39 is 5.60 Å². The van der Waals surface area contributed by atoms with Crippen molar-refractivity contribution >= 4 is 11.7 Å². The molecule has 0 saturated heterocycles. The molecule has 7 nitrogen and oxygen atoms in total. The number of carbonyl (C=O) groups excluding carboxylic acids is 1. The molecule has 4 N–H and O–H groups in total. The Morgan fingerprint density at radius 2 is 2.18 bits per heavy atom. The van der Waals surface area contributed by atoms with Crippen LogP contribution in [0.5, 0.6) is 0 Å². The number of ether oxygens (including phenoxy) is 1. The number of methoxy groups -OCH3 is 1. The first-order chi connectivity index (χ1) is 7.98. The highest BCUT2D eigenvalue weighted by molar-refractivity contribution is 5.92. The van der Waals surface area contributed by atoms with Crippen LogP contribution in [0.15, 0.2) is 12.4 Å². The molecule has 0 fully saturated rings. The Morgan fingerprint density at radius 3 is 2.65 bits per heavy atom. The zero-order valence-electron chi connectivity index (χ0n) is 10.2. The van der Waals surface area contributed by atoms with Gasteiger partial charge in [-0.3, -0.25) is 4.79 Å². The number of nitrogens with one attached hydrogen (secondary N) is 2. The van der Waals surface area contributed by atoms with Crippen molar-refractivity contribution in [2.75, 3.05) is 19.1 Å². The van der Waals surface area contributed by atoms with E-state index in [4.69, 9.17) is 10.6 Å².